The first-order valence-corrected chi connectivity index (χ1v) is 9.53. The van der Waals surface area contributed by atoms with Crippen molar-refractivity contribution in [3.05, 3.63) is 53.2 Å². The highest BCUT2D eigenvalue weighted by atomic mass is 16.5. The second kappa shape index (κ2) is 7.47. The molecule has 0 aromatic carbocycles. The molecular formula is C21H24N4O2. The number of amides is 1. The third-order valence-corrected chi connectivity index (χ3v) is 5.52. The van der Waals surface area contributed by atoms with Crippen LogP contribution < -0.4 is 0 Å². The van der Waals surface area contributed by atoms with Gasteiger partial charge in [0.25, 0.3) is 0 Å². The number of carbonyl (C=O) groups is 1. The maximum absolute atomic E-state index is 12.6. The van der Waals surface area contributed by atoms with Crippen molar-refractivity contribution in [1.82, 2.24) is 20.0 Å². The van der Waals surface area contributed by atoms with Crippen molar-refractivity contribution >= 4 is 16.9 Å². The lowest BCUT2D eigenvalue weighted by molar-refractivity contribution is -0.132. The summed E-state index contributed by atoms with van der Waals surface area (Å²) in [7, 11) is 0. The van der Waals surface area contributed by atoms with E-state index in [9.17, 15) is 4.79 Å². The van der Waals surface area contributed by atoms with Gasteiger partial charge in [-0.05, 0) is 57.4 Å². The standard InChI is InChI=1S/C21H24N4O2/c1-14-18(15(2)27-24-14)6-8-20(26)25-12-9-16(10-13-25)19-7-5-17-4-3-11-22-21(17)23-19/h3-5,7,11,16H,6,8-10,12-13H2,1-2H3. The largest absolute Gasteiger partial charge is 0.361 e. The van der Waals surface area contributed by atoms with Crippen LogP contribution in [0.5, 0.6) is 0 Å². The summed E-state index contributed by atoms with van der Waals surface area (Å²) in [6.07, 6.45) is 4.87. The molecular weight excluding hydrogens is 340 g/mol. The minimum Gasteiger partial charge on any atom is -0.361 e. The van der Waals surface area contributed by atoms with E-state index in [2.05, 4.69) is 22.3 Å². The third kappa shape index (κ3) is 3.70. The van der Waals surface area contributed by atoms with Crippen molar-refractivity contribution in [2.24, 2.45) is 0 Å². The van der Waals surface area contributed by atoms with Gasteiger partial charge in [-0.25, -0.2) is 9.97 Å². The van der Waals surface area contributed by atoms with Gasteiger partial charge in [-0.15, -0.1) is 0 Å². The molecule has 1 fully saturated rings. The molecule has 6 heteroatoms. The monoisotopic (exact) mass is 364 g/mol. The Morgan fingerprint density at radius 2 is 2.04 bits per heavy atom. The highest BCUT2D eigenvalue weighted by molar-refractivity contribution is 5.77. The molecule has 27 heavy (non-hydrogen) atoms. The SMILES string of the molecule is Cc1noc(C)c1CCC(=O)N1CCC(c2ccc3cccnc3n2)CC1. The van der Waals surface area contributed by atoms with Gasteiger partial charge in [0, 0.05) is 48.3 Å². The number of piperidine rings is 1. The van der Waals surface area contributed by atoms with E-state index in [-0.39, 0.29) is 5.91 Å². The van der Waals surface area contributed by atoms with E-state index < -0.39 is 0 Å². The molecule has 4 rings (SSSR count). The van der Waals surface area contributed by atoms with Gasteiger partial charge in [0.2, 0.25) is 5.91 Å². The fourth-order valence-corrected chi connectivity index (χ4v) is 3.87. The molecule has 1 aliphatic rings. The Kier molecular flexibility index (Phi) is 4.88. The van der Waals surface area contributed by atoms with Crippen LogP contribution in [0.25, 0.3) is 11.0 Å². The minimum absolute atomic E-state index is 0.210. The number of rotatable bonds is 4. The molecule has 0 N–H and O–H groups in total. The summed E-state index contributed by atoms with van der Waals surface area (Å²) in [5.41, 5.74) is 3.83. The van der Waals surface area contributed by atoms with Crippen molar-refractivity contribution in [2.45, 2.75) is 45.4 Å². The molecule has 0 aliphatic carbocycles. The predicted octanol–water partition coefficient (Wildman–Crippen LogP) is 3.57. The second-order valence-electron chi connectivity index (χ2n) is 7.24. The zero-order valence-electron chi connectivity index (χ0n) is 15.8. The quantitative estimate of drug-likeness (QED) is 0.708. The normalized spacial score (nSPS) is 15.4. The molecule has 140 valence electrons. The molecule has 0 radical (unpaired) electrons. The van der Waals surface area contributed by atoms with Crippen LogP contribution in [0.15, 0.2) is 35.0 Å². The lowest BCUT2D eigenvalue weighted by atomic mass is 9.92. The fraction of sp³-hybridized carbons (Fsp3) is 0.429. The molecule has 0 bridgehead atoms. The van der Waals surface area contributed by atoms with E-state index in [1.54, 1.807) is 6.20 Å². The van der Waals surface area contributed by atoms with Crippen molar-refractivity contribution in [1.29, 1.82) is 0 Å². The van der Waals surface area contributed by atoms with Crippen LogP contribution >= 0.6 is 0 Å². The van der Waals surface area contributed by atoms with Crippen molar-refractivity contribution in [2.75, 3.05) is 13.1 Å². The number of pyridine rings is 2. The van der Waals surface area contributed by atoms with Crippen LogP contribution in [0.3, 0.4) is 0 Å². The summed E-state index contributed by atoms with van der Waals surface area (Å²) >= 11 is 0. The molecule has 0 saturated carbocycles. The summed E-state index contributed by atoms with van der Waals surface area (Å²) in [5.74, 6) is 1.42. The number of aromatic nitrogens is 3. The average Bonchev–Trinajstić information content (AvgIpc) is 3.03. The number of likely N-dealkylation sites (tertiary alicyclic amines) is 1. The van der Waals surface area contributed by atoms with Gasteiger partial charge >= 0.3 is 0 Å². The zero-order valence-corrected chi connectivity index (χ0v) is 15.8. The Bertz CT molecular complexity index is 938. The smallest absolute Gasteiger partial charge is 0.222 e. The lowest BCUT2D eigenvalue weighted by Crippen LogP contribution is -2.38. The van der Waals surface area contributed by atoms with E-state index >= 15 is 0 Å². The molecule has 0 spiro atoms. The zero-order chi connectivity index (χ0) is 18.8. The Morgan fingerprint density at radius 3 is 2.78 bits per heavy atom. The summed E-state index contributed by atoms with van der Waals surface area (Å²) < 4.78 is 5.18. The van der Waals surface area contributed by atoms with Crippen molar-refractivity contribution < 1.29 is 9.32 Å². The molecule has 3 aromatic rings. The molecule has 0 atom stereocenters. The maximum atomic E-state index is 12.6. The van der Waals surface area contributed by atoms with Gasteiger partial charge in [0.15, 0.2) is 5.65 Å². The number of aryl methyl sites for hydroxylation is 2. The Balaban J connectivity index is 1.34. The molecule has 4 heterocycles. The van der Waals surface area contributed by atoms with E-state index in [4.69, 9.17) is 9.51 Å². The Hall–Kier alpha value is -2.76. The van der Waals surface area contributed by atoms with Crippen LogP contribution in [0, 0.1) is 13.8 Å². The first-order valence-electron chi connectivity index (χ1n) is 9.53. The average molecular weight is 364 g/mol. The fourth-order valence-electron chi connectivity index (χ4n) is 3.87. The first kappa shape index (κ1) is 17.6. The number of nitrogens with zero attached hydrogens (tertiary/aromatic N) is 4. The molecule has 6 nitrogen and oxygen atoms in total. The number of hydrogen-bond donors (Lipinski definition) is 0. The third-order valence-electron chi connectivity index (χ3n) is 5.52. The van der Waals surface area contributed by atoms with E-state index in [1.165, 1.54) is 0 Å². The minimum atomic E-state index is 0.210. The summed E-state index contributed by atoms with van der Waals surface area (Å²) in [5, 5.41) is 5.02. The van der Waals surface area contributed by atoms with Gasteiger partial charge in [-0.2, -0.15) is 0 Å². The van der Waals surface area contributed by atoms with E-state index in [0.29, 0.717) is 18.8 Å². The Morgan fingerprint density at radius 1 is 1.22 bits per heavy atom. The van der Waals surface area contributed by atoms with Gasteiger partial charge in [0.05, 0.1) is 5.69 Å². The van der Waals surface area contributed by atoms with Gasteiger partial charge in [0.1, 0.15) is 5.76 Å². The molecule has 1 aliphatic heterocycles. The van der Waals surface area contributed by atoms with Crippen LogP contribution in [-0.4, -0.2) is 39.0 Å². The molecule has 1 amide bonds. The van der Waals surface area contributed by atoms with Crippen LogP contribution in [0.4, 0.5) is 0 Å². The van der Waals surface area contributed by atoms with Crippen molar-refractivity contribution in [3.63, 3.8) is 0 Å². The molecule has 3 aromatic heterocycles. The Labute approximate surface area is 158 Å². The highest BCUT2D eigenvalue weighted by Crippen LogP contribution is 2.28. The lowest BCUT2D eigenvalue weighted by Gasteiger charge is -2.32. The number of carbonyl (C=O) groups excluding carboxylic acids is 1. The number of hydrogen-bond acceptors (Lipinski definition) is 5. The second-order valence-corrected chi connectivity index (χ2v) is 7.24. The maximum Gasteiger partial charge on any atom is 0.222 e. The summed E-state index contributed by atoms with van der Waals surface area (Å²) in [6, 6.07) is 8.14. The number of fused-ring (bicyclic) bond motifs is 1. The topological polar surface area (TPSA) is 72.1 Å². The van der Waals surface area contributed by atoms with E-state index in [1.807, 2.05) is 30.9 Å². The van der Waals surface area contributed by atoms with Crippen LogP contribution in [0.2, 0.25) is 0 Å². The van der Waals surface area contributed by atoms with Crippen LogP contribution in [0.1, 0.15) is 47.9 Å². The van der Waals surface area contributed by atoms with Gasteiger partial charge < -0.3 is 9.42 Å². The first-order chi connectivity index (χ1) is 13.1. The highest BCUT2D eigenvalue weighted by Gasteiger charge is 2.25. The van der Waals surface area contributed by atoms with E-state index in [0.717, 1.165) is 59.7 Å². The van der Waals surface area contributed by atoms with Crippen LogP contribution in [-0.2, 0) is 11.2 Å². The van der Waals surface area contributed by atoms with Crippen molar-refractivity contribution in [3.8, 4) is 0 Å². The van der Waals surface area contributed by atoms with Gasteiger partial charge in [-0.1, -0.05) is 5.16 Å². The molecule has 0 unspecified atom stereocenters. The van der Waals surface area contributed by atoms with Gasteiger partial charge in [-0.3, -0.25) is 4.79 Å². The predicted molar refractivity (Wildman–Crippen MR) is 102 cm³/mol. The summed E-state index contributed by atoms with van der Waals surface area (Å²) in [6.45, 7) is 5.39. The summed E-state index contributed by atoms with van der Waals surface area (Å²) in [4.78, 5) is 23.6. The molecule has 1 saturated heterocycles.